The van der Waals surface area contributed by atoms with Crippen LogP contribution < -0.4 is 10.2 Å². The van der Waals surface area contributed by atoms with Gasteiger partial charge in [-0.2, -0.15) is 26.3 Å². The number of pyridine rings is 1. The Labute approximate surface area is 261 Å². The number of H-pyrrole nitrogens is 1. The molecule has 4 heterocycles. The maximum absolute atomic E-state index is 10.6. The van der Waals surface area contributed by atoms with Crippen LogP contribution in [0.25, 0.3) is 22.1 Å². The maximum Gasteiger partial charge on any atom is 0.490 e. The van der Waals surface area contributed by atoms with Crippen LogP contribution in [0.1, 0.15) is 24.8 Å². The van der Waals surface area contributed by atoms with E-state index in [9.17, 15) is 31.4 Å². The first kappa shape index (κ1) is 36.0. The topological polar surface area (TPSA) is 177 Å². The average Bonchev–Trinajstić information content (AvgIpc) is 3.48. The SMILES string of the molecule is O=C(O)C(F)(F)F.O=C(O)C(F)(F)F.OCCC1CCN(c2c(CCNc3ncnc4nc[nH]c34)cc(Cl)c3cccnc23)CC1. The molecule has 1 aliphatic heterocycles. The molecule has 12 nitrogen and oxygen atoms in total. The van der Waals surface area contributed by atoms with Crippen LogP contribution in [0.15, 0.2) is 37.1 Å². The minimum Gasteiger partial charge on any atom is -0.475 e. The van der Waals surface area contributed by atoms with Gasteiger partial charge in [-0.1, -0.05) is 11.6 Å². The lowest BCUT2D eigenvalue weighted by molar-refractivity contribution is -0.193. The monoisotopic (exact) mass is 679 g/mol. The van der Waals surface area contributed by atoms with Crippen molar-refractivity contribution in [1.29, 1.82) is 0 Å². The normalized spacial score (nSPS) is 13.9. The number of aliphatic carboxylic acids is 2. The third kappa shape index (κ3) is 9.77. The zero-order valence-corrected chi connectivity index (χ0v) is 24.5. The van der Waals surface area contributed by atoms with Crippen molar-refractivity contribution in [3.63, 3.8) is 0 Å². The average molecular weight is 680 g/mol. The van der Waals surface area contributed by atoms with Gasteiger partial charge in [0.25, 0.3) is 0 Å². The predicted molar refractivity (Wildman–Crippen MR) is 155 cm³/mol. The Morgan fingerprint density at radius 1 is 1.02 bits per heavy atom. The summed E-state index contributed by atoms with van der Waals surface area (Å²) < 4.78 is 63.5. The number of hydrogen-bond donors (Lipinski definition) is 5. The van der Waals surface area contributed by atoms with Gasteiger partial charge in [0.15, 0.2) is 11.5 Å². The second kappa shape index (κ2) is 15.7. The quantitative estimate of drug-likeness (QED) is 0.165. The highest BCUT2D eigenvalue weighted by molar-refractivity contribution is 6.36. The minimum absolute atomic E-state index is 0.264. The molecule has 0 radical (unpaired) electrons. The van der Waals surface area contributed by atoms with E-state index in [-0.39, 0.29) is 6.61 Å². The summed E-state index contributed by atoms with van der Waals surface area (Å²) in [6, 6.07) is 6.04. The molecule has 0 spiro atoms. The van der Waals surface area contributed by atoms with Crippen LogP contribution >= 0.6 is 11.6 Å². The fourth-order valence-electron chi connectivity index (χ4n) is 4.62. The van der Waals surface area contributed by atoms with Crippen molar-refractivity contribution < 1.29 is 51.3 Å². The Bertz CT molecular complexity index is 1600. The number of aliphatic hydroxyl groups excluding tert-OH is 1. The number of anilines is 2. The van der Waals surface area contributed by atoms with Gasteiger partial charge in [-0.15, -0.1) is 0 Å². The molecule has 0 aliphatic carbocycles. The summed E-state index contributed by atoms with van der Waals surface area (Å²) in [6.45, 7) is 2.87. The van der Waals surface area contributed by atoms with Crippen LogP contribution in [-0.2, 0) is 16.0 Å². The highest BCUT2D eigenvalue weighted by Gasteiger charge is 2.39. The number of nitrogens with zero attached hydrogens (tertiary/aromatic N) is 5. The Morgan fingerprint density at radius 2 is 1.65 bits per heavy atom. The molecule has 0 saturated carbocycles. The fraction of sp³-hybridized carbons (Fsp3) is 0.407. The second-order valence-corrected chi connectivity index (χ2v) is 10.2. The number of piperidine rings is 1. The van der Waals surface area contributed by atoms with E-state index in [1.54, 1.807) is 6.33 Å². The van der Waals surface area contributed by atoms with Gasteiger partial charge in [-0.3, -0.25) is 4.98 Å². The van der Waals surface area contributed by atoms with Gasteiger partial charge in [0.1, 0.15) is 11.8 Å². The number of nitrogens with one attached hydrogen (secondary N) is 2. The summed E-state index contributed by atoms with van der Waals surface area (Å²) >= 11 is 6.66. The highest BCUT2D eigenvalue weighted by Crippen LogP contribution is 2.37. The van der Waals surface area contributed by atoms with Crippen LogP contribution in [0.3, 0.4) is 0 Å². The number of aromatic amines is 1. The summed E-state index contributed by atoms with van der Waals surface area (Å²) in [5.74, 6) is -4.19. The molecule has 0 amide bonds. The molecule has 1 saturated heterocycles. The second-order valence-electron chi connectivity index (χ2n) is 9.81. The third-order valence-electron chi connectivity index (χ3n) is 6.76. The lowest BCUT2D eigenvalue weighted by atomic mass is 9.92. The number of carboxylic acids is 2. The molecule has 0 unspecified atom stereocenters. The van der Waals surface area contributed by atoms with E-state index >= 15 is 0 Å². The van der Waals surface area contributed by atoms with Crippen LogP contribution in [-0.4, -0.2) is 90.8 Å². The van der Waals surface area contributed by atoms with Gasteiger partial charge < -0.3 is 30.5 Å². The van der Waals surface area contributed by atoms with E-state index in [1.165, 1.54) is 17.6 Å². The lowest BCUT2D eigenvalue weighted by Gasteiger charge is -2.35. The van der Waals surface area contributed by atoms with Crippen molar-refractivity contribution in [1.82, 2.24) is 24.9 Å². The number of carbonyl (C=O) groups is 2. The van der Waals surface area contributed by atoms with Crippen LogP contribution in [0.2, 0.25) is 5.02 Å². The zero-order valence-electron chi connectivity index (χ0n) is 23.7. The molecule has 1 aromatic carbocycles. The molecular weight excluding hydrogens is 652 g/mol. The van der Waals surface area contributed by atoms with Crippen molar-refractivity contribution in [2.75, 3.05) is 36.5 Å². The lowest BCUT2D eigenvalue weighted by Crippen LogP contribution is -2.35. The first-order chi connectivity index (χ1) is 21.6. The number of fused-ring (bicyclic) bond motifs is 2. The minimum atomic E-state index is -5.08. The predicted octanol–water partition coefficient (Wildman–Crippen LogP) is 5.07. The van der Waals surface area contributed by atoms with E-state index in [4.69, 9.17) is 36.4 Å². The number of halogens is 7. The first-order valence-corrected chi connectivity index (χ1v) is 13.9. The summed E-state index contributed by atoms with van der Waals surface area (Å²) in [5, 5.41) is 28.7. The van der Waals surface area contributed by atoms with Gasteiger partial charge in [0, 0.05) is 37.8 Å². The molecule has 5 rings (SSSR count). The number of hydrogen-bond acceptors (Lipinski definition) is 9. The number of aliphatic hydroxyl groups is 1. The molecule has 0 atom stereocenters. The molecule has 46 heavy (non-hydrogen) atoms. The van der Waals surface area contributed by atoms with Gasteiger partial charge in [0.2, 0.25) is 0 Å². The molecule has 19 heteroatoms. The molecule has 5 N–H and O–H groups in total. The van der Waals surface area contributed by atoms with E-state index in [0.29, 0.717) is 18.1 Å². The summed E-state index contributed by atoms with van der Waals surface area (Å²) in [5.41, 5.74) is 4.74. The Hall–Kier alpha value is -4.45. The van der Waals surface area contributed by atoms with E-state index in [0.717, 1.165) is 66.0 Å². The molecule has 3 aromatic heterocycles. The van der Waals surface area contributed by atoms with Crippen molar-refractivity contribution in [3.8, 4) is 0 Å². The van der Waals surface area contributed by atoms with Gasteiger partial charge in [0.05, 0.1) is 22.6 Å². The number of benzene rings is 1. The van der Waals surface area contributed by atoms with Crippen molar-refractivity contribution in [2.24, 2.45) is 5.92 Å². The number of carboxylic acid groups (broad SMARTS) is 2. The van der Waals surface area contributed by atoms with Crippen molar-refractivity contribution >= 4 is 57.1 Å². The zero-order chi connectivity index (χ0) is 34.1. The molecule has 1 fully saturated rings. The van der Waals surface area contributed by atoms with Crippen molar-refractivity contribution in [2.45, 2.75) is 38.0 Å². The molecule has 4 aromatic rings. The first-order valence-electron chi connectivity index (χ1n) is 13.5. The summed E-state index contributed by atoms with van der Waals surface area (Å²) in [7, 11) is 0. The maximum atomic E-state index is 10.6. The summed E-state index contributed by atoms with van der Waals surface area (Å²) in [6.07, 6.45) is -1.38. The Kier molecular flexibility index (Phi) is 12.3. The molecule has 0 bridgehead atoms. The number of rotatable bonds is 7. The van der Waals surface area contributed by atoms with E-state index in [2.05, 4.69) is 36.2 Å². The number of alkyl halides is 6. The van der Waals surface area contributed by atoms with Gasteiger partial charge in [-0.05, 0) is 55.4 Å². The van der Waals surface area contributed by atoms with Crippen LogP contribution in [0, 0.1) is 5.92 Å². The number of imidazole rings is 1. The fourth-order valence-corrected chi connectivity index (χ4v) is 4.91. The van der Waals surface area contributed by atoms with Crippen molar-refractivity contribution in [3.05, 3.63) is 47.6 Å². The van der Waals surface area contributed by atoms with Crippen LogP contribution in [0.5, 0.6) is 0 Å². The van der Waals surface area contributed by atoms with E-state index in [1.807, 2.05) is 18.3 Å². The third-order valence-corrected chi connectivity index (χ3v) is 7.07. The Morgan fingerprint density at radius 3 is 2.24 bits per heavy atom. The molecule has 250 valence electrons. The molecular formula is C27H28ClF6N7O5. The smallest absolute Gasteiger partial charge is 0.475 e. The van der Waals surface area contributed by atoms with Gasteiger partial charge >= 0.3 is 24.3 Å². The van der Waals surface area contributed by atoms with Crippen LogP contribution in [0.4, 0.5) is 37.8 Å². The largest absolute Gasteiger partial charge is 0.490 e. The summed E-state index contributed by atoms with van der Waals surface area (Å²) in [4.78, 5) is 40.7. The molecule has 1 aliphatic rings. The van der Waals surface area contributed by atoms with Gasteiger partial charge in [-0.25, -0.2) is 24.5 Å². The number of aromatic nitrogens is 5. The highest BCUT2D eigenvalue weighted by atomic mass is 35.5. The van der Waals surface area contributed by atoms with E-state index < -0.39 is 24.3 Å². The standard InChI is InChI=1S/C23H26ClN7O.2C2HF3O2/c24-18-12-16(3-8-26-22-20-23(28-13-27-20)30-14-29-22)21(19-17(18)2-1-7-25-19)31-9-4-15(5-10-31)6-11-32;2*3-2(4,5)1(6)7/h1-2,7,12-15,32H,3-6,8-11H2,(H2,26,27,28,29,30);2*(H,6,7). The Balaban J connectivity index is 0.000000345.